The Balaban J connectivity index is 0.00000363. The summed E-state index contributed by atoms with van der Waals surface area (Å²) in [7, 11) is 0. The molecule has 180 valence electrons. The molecule has 0 aromatic heterocycles. The van der Waals surface area contributed by atoms with E-state index in [0.29, 0.717) is 18.5 Å². The molecule has 3 rings (SSSR count). The third-order valence-corrected chi connectivity index (χ3v) is 6.95. The van der Waals surface area contributed by atoms with Crippen LogP contribution in [0.5, 0.6) is 5.75 Å². The Labute approximate surface area is 214 Å². The highest BCUT2D eigenvalue weighted by atomic mass is 127. The molecule has 2 N–H and O–H groups in total. The molecule has 1 atom stereocenters. The Bertz CT molecular complexity index is 734. The first-order valence-electron chi connectivity index (χ1n) is 11.7. The number of ether oxygens (including phenoxy) is 1. The number of halogens is 1. The monoisotopic (exact) mass is 574 g/mol. The summed E-state index contributed by atoms with van der Waals surface area (Å²) in [5.41, 5.74) is 1.14. The quantitative estimate of drug-likeness (QED) is 0.292. The van der Waals surface area contributed by atoms with E-state index in [1.54, 1.807) is 0 Å². The number of aryl methyl sites for hydroxylation is 1. The number of benzene rings is 1. The average Bonchev–Trinajstić information content (AvgIpc) is 2.80. The van der Waals surface area contributed by atoms with Gasteiger partial charge in [-0.2, -0.15) is 11.8 Å². The molecule has 1 aliphatic carbocycles. The fourth-order valence-corrected chi connectivity index (χ4v) is 5.11. The Morgan fingerprint density at radius 2 is 1.91 bits per heavy atom. The first kappa shape index (κ1) is 27.1. The maximum Gasteiger partial charge on any atom is 0.225 e. The molecule has 0 spiro atoms. The van der Waals surface area contributed by atoms with Gasteiger partial charge in [-0.05, 0) is 58.1 Å². The van der Waals surface area contributed by atoms with Crippen LogP contribution in [0.1, 0.15) is 45.1 Å². The van der Waals surface area contributed by atoms with Gasteiger partial charge >= 0.3 is 0 Å². The highest BCUT2D eigenvalue weighted by Crippen LogP contribution is 2.27. The zero-order valence-corrected chi connectivity index (χ0v) is 22.8. The van der Waals surface area contributed by atoms with Crippen molar-refractivity contribution in [1.29, 1.82) is 0 Å². The molecule has 1 aliphatic heterocycles. The van der Waals surface area contributed by atoms with Crippen LogP contribution in [0.25, 0.3) is 0 Å². The van der Waals surface area contributed by atoms with Gasteiger partial charge in [0.05, 0.1) is 6.54 Å². The smallest absolute Gasteiger partial charge is 0.225 e. The second kappa shape index (κ2) is 14.2. The normalized spacial score (nSPS) is 22.5. The second-order valence-electron chi connectivity index (χ2n) is 8.54. The fourth-order valence-electron chi connectivity index (χ4n) is 4.20. The summed E-state index contributed by atoms with van der Waals surface area (Å²) in [6.45, 7) is 9.43. The Kier molecular flexibility index (Phi) is 12.0. The van der Waals surface area contributed by atoms with E-state index in [-0.39, 0.29) is 36.0 Å². The molecule has 0 bridgehead atoms. The van der Waals surface area contributed by atoms with Crippen LogP contribution in [0.3, 0.4) is 0 Å². The van der Waals surface area contributed by atoms with Gasteiger partial charge in [-0.3, -0.25) is 4.79 Å². The van der Waals surface area contributed by atoms with Crippen LogP contribution in [0.4, 0.5) is 0 Å². The first-order chi connectivity index (χ1) is 15.1. The minimum Gasteiger partial charge on any atom is -0.489 e. The highest BCUT2D eigenvalue weighted by Gasteiger charge is 2.30. The Morgan fingerprint density at radius 1 is 1.22 bits per heavy atom. The van der Waals surface area contributed by atoms with Crippen molar-refractivity contribution in [2.24, 2.45) is 10.9 Å². The van der Waals surface area contributed by atoms with E-state index < -0.39 is 0 Å². The van der Waals surface area contributed by atoms with Gasteiger partial charge in [0.1, 0.15) is 11.9 Å². The van der Waals surface area contributed by atoms with Crippen LogP contribution in [0.2, 0.25) is 0 Å². The number of aliphatic imine (C=N–C) groups is 1. The zero-order chi connectivity index (χ0) is 22.1. The molecular weight excluding hydrogens is 535 g/mol. The number of rotatable bonds is 7. The SMILES string of the molecule is CCNC(=NCC(C)Oc1ccccc1C)NC1CCC(C(=O)N2CCSCC2)CC1.I. The number of thioether (sulfide) groups is 1. The highest BCUT2D eigenvalue weighted by molar-refractivity contribution is 14.0. The van der Waals surface area contributed by atoms with Crippen LogP contribution < -0.4 is 15.4 Å². The third-order valence-electron chi connectivity index (χ3n) is 6.01. The van der Waals surface area contributed by atoms with Crippen molar-refractivity contribution in [2.45, 2.75) is 58.6 Å². The Morgan fingerprint density at radius 3 is 2.56 bits per heavy atom. The van der Waals surface area contributed by atoms with E-state index in [2.05, 4.69) is 42.4 Å². The molecule has 1 unspecified atom stereocenters. The number of carbonyl (C=O) groups excluding carboxylic acids is 1. The molecule has 2 fully saturated rings. The van der Waals surface area contributed by atoms with Crippen LogP contribution >= 0.6 is 35.7 Å². The molecule has 1 amide bonds. The van der Waals surface area contributed by atoms with Crippen LogP contribution in [-0.4, -0.2) is 66.6 Å². The number of guanidine groups is 1. The van der Waals surface area contributed by atoms with Gasteiger partial charge in [0, 0.05) is 43.1 Å². The zero-order valence-electron chi connectivity index (χ0n) is 19.6. The molecule has 2 aliphatic rings. The lowest BCUT2D eigenvalue weighted by molar-refractivity contribution is -0.136. The average molecular weight is 575 g/mol. The lowest BCUT2D eigenvalue weighted by atomic mass is 9.85. The van der Waals surface area contributed by atoms with Crippen molar-refractivity contribution in [3.63, 3.8) is 0 Å². The van der Waals surface area contributed by atoms with Gasteiger partial charge < -0.3 is 20.3 Å². The summed E-state index contributed by atoms with van der Waals surface area (Å²) in [5, 5.41) is 6.93. The summed E-state index contributed by atoms with van der Waals surface area (Å²) in [5.74, 6) is 4.49. The largest absolute Gasteiger partial charge is 0.489 e. The minimum absolute atomic E-state index is 0. The summed E-state index contributed by atoms with van der Waals surface area (Å²) in [6, 6.07) is 8.44. The summed E-state index contributed by atoms with van der Waals surface area (Å²) in [4.78, 5) is 19.6. The van der Waals surface area contributed by atoms with Gasteiger partial charge in [-0.15, -0.1) is 24.0 Å². The predicted octanol–water partition coefficient (Wildman–Crippen LogP) is 4.07. The van der Waals surface area contributed by atoms with Gasteiger partial charge in [0.15, 0.2) is 5.96 Å². The third kappa shape index (κ3) is 8.32. The van der Waals surface area contributed by atoms with E-state index in [4.69, 9.17) is 9.73 Å². The number of nitrogens with one attached hydrogen (secondary N) is 2. The van der Waals surface area contributed by atoms with E-state index in [0.717, 1.165) is 74.1 Å². The number of hydrogen-bond acceptors (Lipinski definition) is 4. The predicted molar refractivity (Wildman–Crippen MR) is 145 cm³/mol. The van der Waals surface area contributed by atoms with Crippen molar-refractivity contribution in [2.75, 3.05) is 37.7 Å². The van der Waals surface area contributed by atoms with E-state index in [1.807, 2.05) is 30.0 Å². The lowest BCUT2D eigenvalue weighted by Gasteiger charge is -2.34. The van der Waals surface area contributed by atoms with Gasteiger partial charge in [0.25, 0.3) is 0 Å². The Hall–Kier alpha value is -1.16. The van der Waals surface area contributed by atoms with E-state index in [9.17, 15) is 4.79 Å². The number of amides is 1. The van der Waals surface area contributed by atoms with Gasteiger partial charge in [0.2, 0.25) is 5.91 Å². The first-order valence-corrected chi connectivity index (χ1v) is 12.9. The second-order valence-corrected chi connectivity index (χ2v) is 9.77. The maximum absolute atomic E-state index is 12.8. The molecule has 0 radical (unpaired) electrons. The number of para-hydroxylation sites is 1. The standard InChI is InChI=1S/C24H38N4O2S.HI/c1-4-25-24(26-17-19(3)30-22-8-6-5-7-18(22)2)27-21-11-9-20(10-12-21)23(29)28-13-15-31-16-14-28;/h5-8,19-21H,4,9-17H2,1-3H3,(H2,25,26,27);1H. The van der Waals surface area contributed by atoms with Crippen LogP contribution in [-0.2, 0) is 4.79 Å². The fraction of sp³-hybridized carbons (Fsp3) is 0.667. The van der Waals surface area contributed by atoms with Crippen LogP contribution in [0.15, 0.2) is 29.3 Å². The summed E-state index contributed by atoms with van der Waals surface area (Å²) < 4.78 is 6.06. The number of carbonyl (C=O) groups is 1. The molecule has 8 heteroatoms. The van der Waals surface area contributed by atoms with Crippen molar-refractivity contribution >= 4 is 47.6 Å². The molecule has 1 heterocycles. The van der Waals surface area contributed by atoms with Crippen molar-refractivity contribution in [1.82, 2.24) is 15.5 Å². The van der Waals surface area contributed by atoms with Crippen molar-refractivity contribution in [3.05, 3.63) is 29.8 Å². The molecule has 1 saturated carbocycles. The molecular formula is C24H39IN4O2S. The molecule has 1 saturated heterocycles. The number of hydrogen-bond donors (Lipinski definition) is 2. The molecule has 1 aromatic rings. The van der Waals surface area contributed by atoms with Crippen LogP contribution in [0, 0.1) is 12.8 Å². The summed E-state index contributed by atoms with van der Waals surface area (Å²) >= 11 is 1.95. The van der Waals surface area contributed by atoms with Gasteiger partial charge in [-0.1, -0.05) is 18.2 Å². The maximum atomic E-state index is 12.8. The minimum atomic E-state index is -0.00683. The molecule has 32 heavy (non-hydrogen) atoms. The van der Waals surface area contributed by atoms with Crippen molar-refractivity contribution < 1.29 is 9.53 Å². The summed E-state index contributed by atoms with van der Waals surface area (Å²) in [6.07, 6.45) is 3.95. The molecule has 1 aromatic carbocycles. The van der Waals surface area contributed by atoms with E-state index in [1.165, 1.54) is 0 Å². The van der Waals surface area contributed by atoms with Crippen molar-refractivity contribution in [3.8, 4) is 5.75 Å². The number of nitrogens with zero attached hydrogens (tertiary/aromatic N) is 2. The van der Waals surface area contributed by atoms with Gasteiger partial charge in [-0.25, -0.2) is 4.99 Å². The molecule has 6 nitrogen and oxygen atoms in total. The van der Waals surface area contributed by atoms with E-state index >= 15 is 0 Å². The topological polar surface area (TPSA) is 66.0 Å². The lowest BCUT2D eigenvalue weighted by Crippen LogP contribution is -2.47.